The van der Waals surface area contributed by atoms with Crippen molar-refractivity contribution in [2.75, 3.05) is 12.8 Å². The van der Waals surface area contributed by atoms with E-state index in [4.69, 9.17) is 15.7 Å². The third kappa shape index (κ3) is 1.77. The molecule has 0 fully saturated rings. The van der Waals surface area contributed by atoms with Crippen LogP contribution in [0.1, 0.15) is 31.0 Å². The van der Waals surface area contributed by atoms with Gasteiger partial charge in [-0.3, -0.25) is 0 Å². The summed E-state index contributed by atoms with van der Waals surface area (Å²) in [5, 5.41) is 8.81. The third-order valence-electron chi connectivity index (χ3n) is 1.95. The number of hydrogen-bond donors (Lipinski definition) is 1. The van der Waals surface area contributed by atoms with Crippen molar-refractivity contribution in [2.45, 2.75) is 19.8 Å². The smallest absolute Gasteiger partial charge is 0.145 e. The van der Waals surface area contributed by atoms with E-state index in [1.807, 2.05) is 19.9 Å². The normalized spacial score (nSPS) is 9.93. The number of aromatic nitrogens is 1. The first-order chi connectivity index (χ1) is 6.60. The van der Waals surface area contributed by atoms with Crippen LogP contribution < -0.4 is 10.5 Å². The van der Waals surface area contributed by atoms with Gasteiger partial charge in [-0.05, 0) is 5.92 Å². The molecule has 0 radical (unpaired) electrons. The average Bonchev–Trinajstić information content (AvgIpc) is 2.16. The number of nitrogen functional groups attached to an aromatic ring is 1. The van der Waals surface area contributed by atoms with Gasteiger partial charge >= 0.3 is 0 Å². The minimum Gasteiger partial charge on any atom is -0.495 e. The number of anilines is 1. The summed E-state index contributed by atoms with van der Waals surface area (Å²) in [5.41, 5.74) is 6.77. The Morgan fingerprint density at radius 3 is 2.64 bits per heavy atom. The number of hydrogen-bond acceptors (Lipinski definition) is 4. The maximum atomic E-state index is 8.81. The van der Waals surface area contributed by atoms with Gasteiger partial charge in [0.25, 0.3) is 0 Å². The van der Waals surface area contributed by atoms with Gasteiger partial charge in [0.2, 0.25) is 0 Å². The molecule has 1 aromatic rings. The first kappa shape index (κ1) is 10.3. The standard InChI is InChI=1S/C10H13N3O/c1-6(2)8-4-9(14-3)7(5-11)10(12)13-8/h4,6H,1-3H3,(H2,12,13). The van der Waals surface area contributed by atoms with Gasteiger partial charge in [-0.1, -0.05) is 13.8 Å². The molecule has 74 valence electrons. The Morgan fingerprint density at radius 2 is 2.21 bits per heavy atom. The molecule has 1 heterocycles. The van der Waals surface area contributed by atoms with Crippen LogP contribution in [0.4, 0.5) is 5.82 Å². The van der Waals surface area contributed by atoms with Crippen LogP contribution >= 0.6 is 0 Å². The van der Waals surface area contributed by atoms with E-state index in [9.17, 15) is 0 Å². The molecule has 0 spiro atoms. The van der Waals surface area contributed by atoms with Crippen LogP contribution in [-0.2, 0) is 0 Å². The second-order valence-electron chi connectivity index (χ2n) is 3.28. The van der Waals surface area contributed by atoms with E-state index in [1.54, 1.807) is 6.07 Å². The van der Waals surface area contributed by atoms with Crippen LogP contribution in [0.15, 0.2) is 6.07 Å². The Balaban J connectivity index is 3.33. The minimum atomic E-state index is 0.232. The maximum absolute atomic E-state index is 8.81. The van der Waals surface area contributed by atoms with Crippen LogP contribution in [0.25, 0.3) is 0 Å². The van der Waals surface area contributed by atoms with Crippen molar-refractivity contribution < 1.29 is 4.74 Å². The summed E-state index contributed by atoms with van der Waals surface area (Å²) in [7, 11) is 1.51. The predicted molar refractivity (Wildman–Crippen MR) is 54.0 cm³/mol. The van der Waals surface area contributed by atoms with Crippen molar-refractivity contribution in [3.05, 3.63) is 17.3 Å². The van der Waals surface area contributed by atoms with E-state index in [0.29, 0.717) is 11.3 Å². The molecule has 0 aromatic carbocycles. The summed E-state index contributed by atoms with van der Waals surface area (Å²) in [6, 6.07) is 3.72. The fraction of sp³-hybridized carbons (Fsp3) is 0.400. The molecule has 0 aliphatic heterocycles. The van der Waals surface area contributed by atoms with Gasteiger partial charge in [0.15, 0.2) is 0 Å². The number of nitrogens with two attached hydrogens (primary N) is 1. The number of ether oxygens (including phenoxy) is 1. The van der Waals surface area contributed by atoms with Crippen molar-refractivity contribution in [3.63, 3.8) is 0 Å². The highest BCUT2D eigenvalue weighted by molar-refractivity contribution is 5.57. The lowest BCUT2D eigenvalue weighted by molar-refractivity contribution is 0.412. The van der Waals surface area contributed by atoms with Crippen molar-refractivity contribution in [1.82, 2.24) is 4.98 Å². The fourth-order valence-electron chi connectivity index (χ4n) is 1.13. The zero-order valence-corrected chi connectivity index (χ0v) is 8.53. The summed E-state index contributed by atoms with van der Waals surface area (Å²) in [4.78, 5) is 4.13. The summed E-state index contributed by atoms with van der Waals surface area (Å²) >= 11 is 0. The molecule has 0 bridgehead atoms. The molecule has 1 rings (SSSR count). The van der Waals surface area contributed by atoms with Crippen LogP contribution in [0.5, 0.6) is 5.75 Å². The van der Waals surface area contributed by atoms with E-state index in [1.165, 1.54) is 7.11 Å². The van der Waals surface area contributed by atoms with Gasteiger partial charge in [0.05, 0.1) is 7.11 Å². The summed E-state index contributed by atoms with van der Waals surface area (Å²) in [6.45, 7) is 4.01. The second-order valence-corrected chi connectivity index (χ2v) is 3.28. The lowest BCUT2D eigenvalue weighted by Gasteiger charge is -2.10. The molecule has 14 heavy (non-hydrogen) atoms. The molecule has 1 aromatic heterocycles. The molecule has 0 atom stereocenters. The lowest BCUT2D eigenvalue weighted by Crippen LogP contribution is -2.03. The Bertz CT molecular complexity index is 380. The Morgan fingerprint density at radius 1 is 1.57 bits per heavy atom. The molecule has 0 saturated heterocycles. The van der Waals surface area contributed by atoms with Crippen molar-refractivity contribution >= 4 is 5.82 Å². The first-order valence-corrected chi connectivity index (χ1v) is 4.34. The van der Waals surface area contributed by atoms with Gasteiger partial charge in [0, 0.05) is 11.8 Å². The number of nitriles is 1. The Labute approximate surface area is 83.3 Å². The molecule has 4 nitrogen and oxygen atoms in total. The van der Waals surface area contributed by atoms with Gasteiger partial charge in [-0.15, -0.1) is 0 Å². The van der Waals surface area contributed by atoms with E-state index < -0.39 is 0 Å². The lowest BCUT2D eigenvalue weighted by atomic mass is 10.1. The van der Waals surface area contributed by atoms with E-state index in [2.05, 4.69) is 4.98 Å². The Kier molecular flexibility index (Phi) is 2.92. The molecule has 0 aliphatic carbocycles. The molecule has 0 aliphatic rings. The highest BCUT2D eigenvalue weighted by Gasteiger charge is 2.12. The van der Waals surface area contributed by atoms with E-state index in [0.717, 1.165) is 5.69 Å². The summed E-state index contributed by atoms with van der Waals surface area (Å²) in [6.07, 6.45) is 0. The number of nitrogens with zero attached hydrogens (tertiary/aromatic N) is 2. The number of pyridine rings is 1. The van der Waals surface area contributed by atoms with Crippen LogP contribution in [0, 0.1) is 11.3 Å². The zero-order chi connectivity index (χ0) is 10.7. The molecule has 0 amide bonds. The van der Waals surface area contributed by atoms with E-state index in [-0.39, 0.29) is 11.7 Å². The van der Waals surface area contributed by atoms with Crippen molar-refractivity contribution in [3.8, 4) is 11.8 Å². The summed E-state index contributed by atoms with van der Waals surface area (Å²) in [5.74, 6) is 0.984. The second kappa shape index (κ2) is 3.97. The summed E-state index contributed by atoms with van der Waals surface area (Å²) < 4.78 is 5.07. The quantitative estimate of drug-likeness (QED) is 0.771. The topological polar surface area (TPSA) is 71.9 Å². The minimum absolute atomic E-state index is 0.232. The molecule has 0 saturated carbocycles. The first-order valence-electron chi connectivity index (χ1n) is 4.34. The van der Waals surface area contributed by atoms with Crippen molar-refractivity contribution in [1.29, 1.82) is 5.26 Å². The number of methoxy groups -OCH3 is 1. The highest BCUT2D eigenvalue weighted by Crippen LogP contribution is 2.26. The number of rotatable bonds is 2. The maximum Gasteiger partial charge on any atom is 0.145 e. The average molecular weight is 191 g/mol. The molecule has 0 unspecified atom stereocenters. The predicted octanol–water partition coefficient (Wildman–Crippen LogP) is 1.67. The largest absolute Gasteiger partial charge is 0.495 e. The van der Waals surface area contributed by atoms with Crippen LogP contribution in [0.3, 0.4) is 0 Å². The fourth-order valence-corrected chi connectivity index (χ4v) is 1.13. The SMILES string of the molecule is COc1cc(C(C)C)nc(N)c1C#N. The zero-order valence-electron chi connectivity index (χ0n) is 8.53. The van der Waals surface area contributed by atoms with Crippen LogP contribution in [-0.4, -0.2) is 12.1 Å². The third-order valence-corrected chi connectivity index (χ3v) is 1.95. The molecule has 4 heteroatoms. The molecular weight excluding hydrogens is 178 g/mol. The molecular formula is C10H13N3O. The van der Waals surface area contributed by atoms with Crippen LogP contribution in [0.2, 0.25) is 0 Å². The molecule has 2 N–H and O–H groups in total. The van der Waals surface area contributed by atoms with Crippen molar-refractivity contribution in [2.24, 2.45) is 0 Å². The monoisotopic (exact) mass is 191 g/mol. The Hall–Kier alpha value is -1.76. The van der Waals surface area contributed by atoms with Gasteiger partial charge in [-0.25, -0.2) is 4.98 Å². The van der Waals surface area contributed by atoms with Gasteiger partial charge in [-0.2, -0.15) is 5.26 Å². The van der Waals surface area contributed by atoms with E-state index >= 15 is 0 Å². The highest BCUT2D eigenvalue weighted by atomic mass is 16.5. The van der Waals surface area contributed by atoms with Gasteiger partial charge in [0.1, 0.15) is 23.2 Å². The van der Waals surface area contributed by atoms with Gasteiger partial charge < -0.3 is 10.5 Å².